The van der Waals surface area contributed by atoms with E-state index in [1.807, 2.05) is 18.2 Å². The summed E-state index contributed by atoms with van der Waals surface area (Å²) >= 11 is 0. The first-order valence-corrected chi connectivity index (χ1v) is 10.3. The number of β-amino-alcohol motifs (C(OH)–C–C–N with tert-alkyl or cyclic N) is 1. The zero-order valence-electron chi connectivity index (χ0n) is 17.3. The standard InChI is InChI=1S/C23H28N2O5/c1-17(26)20-4-2-3-5-21(20)28-15-19(27)14-25-10-8-24(9-11-25)13-18-6-7-22-23(12-18)30-16-29-22/h2-7,12,19,27H,8-11,13-16H2,1H3. The van der Waals surface area contributed by atoms with Gasteiger partial charge in [-0.2, -0.15) is 0 Å². The molecule has 1 unspecified atom stereocenters. The predicted octanol–water partition coefficient (Wildman–Crippen LogP) is 2.18. The fourth-order valence-electron chi connectivity index (χ4n) is 3.85. The van der Waals surface area contributed by atoms with Gasteiger partial charge in [0.25, 0.3) is 0 Å². The Balaban J connectivity index is 1.20. The van der Waals surface area contributed by atoms with Gasteiger partial charge in [-0.15, -0.1) is 0 Å². The highest BCUT2D eigenvalue weighted by Gasteiger charge is 2.21. The molecule has 0 saturated carbocycles. The molecule has 1 atom stereocenters. The molecule has 30 heavy (non-hydrogen) atoms. The summed E-state index contributed by atoms with van der Waals surface area (Å²) in [4.78, 5) is 16.3. The second-order valence-electron chi connectivity index (χ2n) is 7.78. The van der Waals surface area contributed by atoms with Crippen LogP contribution in [0.2, 0.25) is 0 Å². The van der Waals surface area contributed by atoms with E-state index in [1.54, 1.807) is 12.1 Å². The van der Waals surface area contributed by atoms with E-state index in [0.717, 1.165) is 44.2 Å². The lowest BCUT2D eigenvalue weighted by atomic mass is 10.1. The third-order valence-electron chi connectivity index (χ3n) is 5.47. The quantitative estimate of drug-likeness (QED) is 0.667. The molecule has 2 aliphatic rings. The number of aliphatic hydroxyl groups excluding tert-OH is 1. The van der Waals surface area contributed by atoms with E-state index >= 15 is 0 Å². The topological polar surface area (TPSA) is 71.5 Å². The second kappa shape index (κ2) is 9.47. The summed E-state index contributed by atoms with van der Waals surface area (Å²) < 4.78 is 16.5. The van der Waals surface area contributed by atoms with Crippen LogP contribution in [-0.2, 0) is 6.54 Å². The first-order valence-electron chi connectivity index (χ1n) is 10.3. The number of Topliss-reactive ketones (excluding diaryl/α,β-unsaturated/α-hetero) is 1. The molecule has 1 fully saturated rings. The number of hydrogen-bond donors (Lipinski definition) is 1. The van der Waals surface area contributed by atoms with Crippen molar-refractivity contribution in [1.29, 1.82) is 0 Å². The Kier molecular flexibility index (Phi) is 6.52. The highest BCUT2D eigenvalue weighted by atomic mass is 16.7. The summed E-state index contributed by atoms with van der Waals surface area (Å²) in [6.07, 6.45) is -0.606. The lowest BCUT2D eigenvalue weighted by Gasteiger charge is -2.35. The van der Waals surface area contributed by atoms with Crippen LogP contribution in [0, 0.1) is 0 Å². The molecule has 7 nitrogen and oxygen atoms in total. The Morgan fingerprint density at radius 2 is 1.80 bits per heavy atom. The van der Waals surface area contributed by atoms with Gasteiger partial charge in [0.15, 0.2) is 17.3 Å². The average molecular weight is 412 g/mol. The van der Waals surface area contributed by atoms with E-state index in [9.17, 15) is 9.90 Å². The van der Waals surface area contributed by atoms with Gasteiger partial charge in [0, 0.05) is 39.3 Å². The molecule has 0 aliphatic carbocycles. The summed E-state index contributed by atoms with van der Waals surface area (Å²) in [5.41, 5.74) is 1.76. The van der Waals surface area contributed by atoms with E-state index < -0.39 is 6.10 Å². The van der Waals surface area contributed by atoms with Crippen molar-refractivity contribution in [2.24, 2.45) is 0 Å². The van der Waals surface area contributed by atoms with Crippen LogP contribution in [0.1, 0.15) is 22.8 Å². The van der Waals surface area contributed by atoms with Gasteiger partial charge in [0.05, 0.1) is 5.56 Å². The van der Waals surface area contributed by atoms with Gasteiger partial charge in [-0.1, -0.05) is 18.2 Å². The number of fused-ring (bicyclic) bond motifs is 1. The van der Waals surface area contributed by atoms with Gasteiger partial charge in [-0.05, 0) is 36.8 Å². The second-order valence-corrected chi connectivity index (χ2v) is 7.78. The summed E-state index contributed by atoms with van der Waals surface area (Å²) in [6.45, 7) is 7.08. The molecule has 4 rings (SSSR count). The zero-order chi connectivity index (χ0) is 20.9. The third kappa shape index (κ3) is 5.11. The normalized spacial score (nSPS) is 17.7. The van der Waals surface area contributed by atoms with Crippen LogP contribution in [0.4, 0.5) is 0 Å². The van der Waals surface area contributed by atoms with Crippen LogP contribution in [0.15, 0.2) is 42.5 Å². The van der Waals surface area contributed by atoms with Crippen LogP contribution in [0.3, 0.4) is 0 Å². The smallest absolute Gasteiger partial charge is 0.231 e. The molecular weight excluding hydrogens is 384 g/mol. The molecule has 0 bridgehead atoms. The molecule has 0 aromatic heterocycles. The van der Waals surface area contributed by atoms with Crippen LogP contribution in [0.5, 0.6) is 17.2 Å². The first-order chi connectivity index (χ1) is 14.6. The average Bonchev–Trinajstić information content (AvgIpc) is 3.22. The number of ketones is 1. The fourth-order valence-corrected chi connectivity index (χ4v) is 3.85. The van der Waals surface area contributed by atoms with E-state index in [0.29, 0.717) is 24.7 Å². The number of nitrogens with zero attached hydrogens (tertiary/aromatic N) is 2. The van der Waals surface area contributed by atoms with Crippen LogP contribution in [0.25, 0.3) is 0 Å². The lowest BCUT2D eigenvalue weighted by Crippen LogP contribution is -2.48. The zero-order valence-corrected chi connectivity index (χ0v) is 17.3. The molecule has 0 radical (unpaired) electrons. The molecule has 2 aromatic carbocycles. The van der Waals surface area contributed by atoms with Crippen molar-refractivity contribution < 1.29 is 24.1 Å². The number of ether oxygens (including phenoxy) is 3. The Bertz CT molecular complexity index is 880. The maximum absolute atomic E-state index is 11.7. The Morgan fingerprint density at radius 3 is 2.60 bits per heavy atom. The number of carbonyl (C=O) groups excluding carboxylic acids is 1. The van der Waals surface area contributed by atoms with Gasteiger partial charge in [0.2, 0.25) is 6.79 Å². The van der Waals surface area contributed by atoms with Crippen molar-refractivity contribution in [2.45, 2.75) is 19.6 Å². The van der Waals surface area contributed by atoms with Gasteiger partial charge in [0.1, 0.15) is 18.5 Å². The molecule has 2 heterocycles. The number of aliphatic hydroxyl groups is 1. The van der Waals surface area contributed by atoms with Crippen molar-refractivity contribution in [3.63, 3.8) is 0 Å². The first kappa shape index (κ1) is 20.7. The van der Waals surface area contributed by atoms with E-state index in [1.165, 1.54) is 12.5 Å². The largest absolute Gasteiger partial charge is 0.490 e. The van der Waals surface area contributed by atoms with Crippen molar-refractivity contribution in [3.05, 3.63) is 53.6 Å². The van der Waals surface area contributed by atoms with Gasteiger partial charge in [-0.3, -0.25) is 14.6 Å². The maximum Gasteiger partial charge on any atom is 0.231 e. The van der Waals surface area contributed by atoms with E-state index in [2.05, 4.69) is 21.9 Å². The van der Waals surface area contributed by atoms with Gasteiger partial charge >= 0.3 is 0 Å². The molecule has 7 heteroatoms. The highest BCUT2D eigenvalue weighted by Crippen LogP contribution is 2.32. The molecule has 160 valence electrons. The maximum atomic E-state index is 11.7. The number of benzene rings is 2. The van der Waals surface area contributed by atoms with E-state index in [-0.39, 0.29) is 12.4 Å². The SMILES string of the molecule is CC(=O)c1ccccc1OCC(O)CN1CCN(Cc2ccc3c(c2)OCO3)CC1. The Morgan fingerprint density at radius 1 is 1.07 bits per heavy atom. The summed E-state index contributed by atoms with van der Waals surface area (Å²) in [6, 6.07) is 13.2. The minimum absolute atomic E-state index is 0.0429. The number of rotatable bonds is 8. The fraction of sp³-hybridized carbons (Fsp3) is 0.435. The molecule has 2 aliphatic heterocycles. The van der Waals surface area contributed by atoms with Crippen molar-refractivity contribution in [1.82, 2.24) is 9.80 Å². The minimum atomic E-state index is -0.606. The Hall–Kier alpha value is -2.61. The highest BCUT2D eigenvalue weighted by molar-refractivity contribution is 5.96. The van der Waals surface area contributed by atoms with Crippen LogP contribution >= 0.6 is 0 Å². The van der Waals surface area contributed by atoms with Crippen molar-refractivity contribution in [3.8, 4) is 17.2 Å². The molecule has 2 aromatic rings. The summed E-state index contributed by atoms with van der Waals surface area (Å²) in [5.74, 6) is 2.11. The monoisotopic (exact) mass is 412 g/mol. The van der Waals surface area contributed by atoms with Gasteiger partial charge in [-0.25, -0.2) is 0 Å². The number of piperazine rings is 1. The Labute approximate surface area is 176 Å². The molecular formula is C23H28N2O5. The number of para-hydroxylation sites is 1. The molecule has 1 N–H and O–H groups in total. The summed E-state index contributed by atoms with van der Waals surface area (Å²) in [5, 5.41) is 10.4. The minimum Gasteiger partial charge on any atom is -0.490 e. The van der Waals surface area contributed by atoms with Crippen molar-refractivity contribution in [2.75, 3.05) is 46.1 Å². The predicted molar refractivity (Wildman–Crippen MR) is 112 cm³/mol. The lowest BCUT2D eigenvalue weighted by molar-refractivity contribution is 0.0443. The summed E-state index contributed by atoms with van der Waals surface area (Å²) in [7, 11) is 0. The molecule has 1 saturated heterocycles. The molecule has 0 amide bonds. The number of carbonyl (C=O) groups is 1. The third-order valence-corrected chi connectivity index (χ3v) is 5.47. The van der Waals surface area contributed by atoms with E-state index in [4.69, 9.17) is 14.2 Å². The van der Waals surface area contributed by atoms with Gasteiger partial charge < -0.3 is 19.3 Å². The van der Waals surface area contributed by atoms with Crippen molar-refractivity contribution >= 4 is 5.78 Å². The van der Waals surface area contributed by atoms with Crippen LogP contribution < -0.4 is 14.2 Å². The van der Waals surface area contributed by atoms with Crippen LogP contribution in [-0.4, -0.2) is 72.9 Å². The number of hydrogen-bond acceptors (Lipinski definition) is 7. The molecule has 0 spiro atoms.